The molecule has 3 aromatic rings. The SMILES string of the molecule is COc1cc(C)c(S(=O)(=O)NC(=N)NCCC[C@H](N)C(O)c2nc3ccccc3s2)c(C)c1C. The van der Waals surface area contributed by atoms with Gasteiger partial charge in [0.15, 0.2) is 0 Å². The number of nitrogens with one attached hydrogen (secondary N) is 3. The summed E-state index contributed by atoms with van der Waals surface area (Å²) in [5.41, 5.74) is 8.82. The van der Waals surface area contributed by atoms with E-state index in [2.05, 4.69) is 15.0 Å². The summed E-state index contributed by atoms with van der Waals surface area (Å²) in [6, 6.07) is 8.80. The third-order valence-electron chi connectivity index (χ3n) is 5.69. The number of hydrogen-bond acceptors (Lipinski definition) is 8. The van der Waals surface area contributed by atoms with Gasteiger partial charge in [0.25, 0.3) is 10.0 Å². The molecule has 184 valence electrons. The zero-order valence-corrected chi connectivity index (χ0v) is 21.3. The molecule has 0 saturated heterocycles. The molecule has 0 aliphatic rings. The Bertz CT molecular complexity index is 1260. The van der Waals surface area contributed by atoms with Crippen molar-refractivity contribution in [1.82, 2.24) is 15.0 Å². The van der Waals surface area contributed by atoms with Crippen LogP contribution in [0.2, 0.25) is 0 Å². The molecule has 0 amide bonds. The lowest BCUT2D eigenvalue weighted by Crippen LogP contribution is -2.41. The molecular weight excluding hydrogens is 474 g/mol. The molecule has 0 aliphatic carbocycles. The van der Waals surface area contributed by atoms with Crippen LogP contribution >= 0.6 is 11.3 Å². The van der Waals surface area contributed by atoms with Crippen molar-refractivity contribution in [2.75, 3.05) is 13.7 Å². The van der Waals surface area contributed by atoms with Crippen LogP contribution in [0.3, 0.4) is 0 Å². The van der Waals surface area contributed by atoms with Crippen LogP contribution in [0.25, 0.3) is 10.2 Å². The molecule has 3 rings (SSSR count). The van der Waals surface area contributed by atoms with E-state index in [9.17, 15) is 13.5 Å². The fraction of sp³-hybridized carbons (Fsp3) is 0.391. The molecule has 1 heterocycles. The van der Waals surface area contributed by atoms with E-state index in [4.69, 9.17) is 15.9 Å². The lowest BCUT2D eigenvalue weighted by atomic mass is 10.1. The second-order valence-electron chi connectivity index (χ2n) is 8.15. The van der Waals surface area contributed by atoms with Gasteiger partial charge in [-0.05, 0) is 68.5 Å². The molecule has 2 aromatic carbocycles. The number of hydrogen-bond donors (Lipinski definition) is 5. The minimum Gasteiger partial charge on any atom is -0.496 e. The maximum atomic E-state index is 12.9. The van der Waals surface area contributed by atoms with Gasteiger partial charge in [-0.1, -0.05) is 12.1 Å². The van der Waals surface area contributed by atoms with Crippen LogP contribution in [0.1, 0.15) is 40.6 Å². The van der Waals surface area contributed by atoms with Gasteiger partial charge in [0.1, 0.15) is 16.9 Å². The van der Waals surface area contributed by atoms with Crippen molar-refractivity contribution in [2.45, 2.75) is 50.7 Å². The third-order valence-corrected chi connectivity index (χ3v) is 8.43. The highest BCUT2D eigenvalue weighted by Gasteiger charge is 2.24. The molecule has 1 unspecified atom stereocenters. The normalized spacial score (nSPS) is 13.5. The lowest BCUT2D eigenvalue weighted by Gasteiger charge is -2.18. The van der Waals surface area contributed by atoms with Gasteiger partial charge >= 0.3 is 0 Å². The number of nitrogens with zero attached hydrogens (tertiary/aromatic N) is 1. The maximum Gasteiger partial charge on any atom is 0.264 e. The summed E-state index contributed by atoms with van der Waals surface area (Å²) in [6.45, 7) is 5.52. The topological polar surface area (TPSA) is 150 Å². The van der Waals surface area contributed by atoms with E-state index in [1.165, 1.54) is 18.4 Å². The summed E-state index contributed by atoms with van der Waals surface area (Å²) in [5.74, 6) is 0.291. The van der Waals surface area contributed by atoms with Crippen molar-refractivity contribution in [3.8, 4) is 5.75 Å². The summed E-state index contributed by atoms with van der Waals surface area (Å²) in [5, 5.41) is 21.9. The average Bonchev–Trinajstić information content (AvgIpc) is 3.22. The van der Waals surface area contributed by atoms with Gasteiger partial charge in [0.2, 0.25) is 5.96 Å². The summed E-state index contributed by atoms with van der Waals surface area (Å²) in [4.78, 5) is 4.58. The second kappa shape index (κ2) is 10.7. The van der Waals surface area contributed by atoms with Gasteiger partial charge in [-0.3, -0.25) is 5.41 Å². The monoisotopic (exact) mass is 505 g/mol. The van der Waals surface area contributed by atoms with E-state index in [0.717, 1.165) is 15.8 Å². The van der Waals surface area contributed by atoms with Crippen LogP contribution in [0, 0.1) is 26.2 Å². The number of methoxy groups -OCH3 is 1. The Morgan fingerprint density at radius 2 is 1.97 bits per heavy atom. The van der Waals surface area contributed by atoms with E-state index in [1.54, 1.807) is 26.8 Å². The fourth-order valence-electron chi connectivity index (χ4n) is 3.78. The van der Waals surface area contributed by atoms with Gasteiger partial charge < -0.3 is 20.9 Å². The zero-order chi connectivity index (χ0) is 25.0. The second-order valence-corrected chi connectivity index (χ2v) is 10.8. The van der Waals surface area contributed by atoms with Crippen LogP contribution in [0.5, 0.6) is 5.75 Å². The molecule has 34 heavy (non-hydrogen) atoms. The van der Waals surface area contributed by atoms with Crippen molar-refractivity contribution in [2.24, 2.45) is 5.73 Å². The first kappa shape index (κ1) is 25.9. The van der Waals surface area contributed by atoms with Crippen molar-refractivity contribution in [3.63, 3.8) is 0 Å². The van der Waals surface area contributed by atoms with Crippen LogP contribution in [0.15, 0.2) is 35.2 Å². The molecule has 11 heteroatoms. The number of thiazole rings is 1. The number of sulfonamides is 1. The molecule has 0 fully saturated rings. The highest BCUT2D eigenvalue weighted by molar-refractivity contribution is 7.90. The number of nitrogens with two attached hydrogens (primary N) is 1. The number of ether oxygens (including phenoxy) is 1. The molecular formula is C23H31N5O4S2. The van der Waals surface area contributed by atoms with E-state index in [1.807, 2.05) is 24.3 Å². The number of aliphatic hydroxyl groups is 1. The number of fused-ring (bicyclic) bond motifs is 1. The van der Waals surface area contributed by atoms with Crippen molar-refractivity contribution < 1.29 is 18.3 Å². The smallest absolute Gasteiger partial charge is 0.264 e. The Labute approximate surface area is 203 Å². The summed E-state index contributed by atoms with van der Waals surface area (Å²) >= 11 is 1.41. The van der Waals surface area contributed by atoms with Gasteiger partial charge in [0, 0.05) is 12.6 Å². The van der Waals surface area contributed by atoms with Gasteiger partial charge in [-0.25, -0.2) is 18.1 Å². The van der Waals surface area contributed by atoms with Gasteiger partial charge in [-0.15, -0.1) is 11.3 Å². The molecule has 9 nitrogen and oxygen atoms in total. The highest BCUT2D eigenvalue weighted by Crippen LogP contribution is 2.30. The first-order valence-electron chi connectivity index (χ1n) is 10.8. The van der Waals surface area contributed by atoms with Crippen LogP contribution < -0.4 is 20.5 Å². The largest absolute Gasteiger partial charge is 0.496 e. The Kier molecular flexibility index (Phi) is 8.13. The number of para-hydroxylation sites is 1. The summed E-state index contributed by atoms with van der Waals surface area (Å²) in [6.07, 6.45) is 0.118. The average molecular weight is 506 g/mol. The molecule has 0 saturated carbocycles. The number of rotatable bonds is 9. The summed E-state index contributed by atoms with van der Waals surface area (Å²) in [7, 11) is -2.41. The van der Waals surface area contributed by atoms with E-state index in [0.29, 0.717) is 41.3 Å². The molecule has 0 bridgehead atoms. The molecule has 2 atom stereocenters. The van der Waals surface area contributed by atoms with Gasteiger partial charge in [0.05, 0.1) is 22.2 Å². The molecule has 1 aromatic heterocycles. The first-order valence-corrected chi connectivity index (χ1v) is 13.1. The Morgan fingerprint density at radius 1 is 1.26 bits per heavy atom. The number of benzene rings is 2. The molecule has 6 N–H and O–H groups in total. The van der Waals surface area contributed by atoms with E-state index < -0.39 is 22.2 Å². The zero-order valence-electron chi connectivity index (χ0n) is 19.7. The maximum absolute atomic E-state index is 12.9. The van der Waals surface area contributed by atoms with Gasteiger partial charge in [-0.2, -0.15) is 0 Å². The molecule has 0 aliphatic heterocycles. The number of aryl methyl sites for hydroxylation is 1. The standard InChI is InChI=1S/C23H31N5O4S2/c1-13-12-18(32-4)14(2)15(3)21(13)34(30,31)28-23(25)26-11-7-8-16(24)20(29)22-27-17-9-5-6-10-19(17)33-22/h5-6,9-10,12,16,20,29H,7-8,11,24H2,1-4H3,(H3,25,26,28)/t16-,20?/m0/s1. The number of guanidine groups is 1. The lowest BCUT2D eigenvalue weighted by molar-refractivity contribution is 0.141. The number of aromatic nitrogens is 1. The minimum atomic E-state index is -3.95. The predicted molar refractivity (Wildman–Crippen MR) is 135 cm³/mol. The first-order chi connectivity index (χ1) is 16.0. The van der Waals surface area contributed by atoms with E-state index in [-0.39, 0.29) is 10.9 Å². The van der Waals surface area contributed by atoms with Crippen molar-refractivity contribution in [1.29, 1.82) is 5.41 Å². The Morgan fingerprint density at radius 3 is 2.65 bits per heavy atom. The summed E-state index contributed by atoms with van der Waals surface area (Å²) < 4.78 is 34.4. The van der Waals surface area contributed by atoms with Crippen molar-refractivity contribution >= 4 is 37.5 Å². The van der Waals surface area contributed by atoms with Crippen LogP contribution in [-0.2, 0) is 10.0 Å². The quantitative estimate of drug-likeness (QED) is 0.170. The fourth-order valence-corrected chi connectivity index (χ4v) is 6.29. The highest BCUT2D eigenvalue weighted by atomic mass is 32.2. The van der Waals surface area contributed by atoms with E-state index >= 15 is 0 Å². The Balaban J connectivity index is 1.52. The molecule has 0 spiro atoms. The van der Waals surface area contributed by atoms with Crippen molar-refractivity contribution in [3.05, 3.63) is 52.0 Å². The van der Waals surface area contributed by atoms with Crippen LogP contribution in [0.4, 0.5) is 0 Å². The number of aliphatic hydroxyl groups excluding tert-OH is 1. The minimum absolute atomic E-state index is 0.137. The predicted octanol–water partition coefficient (Wildman–Crippen LogP) is 2.87. The molecule has 0 radical (unpaired) electrons. The Hall–Kier alpha value is -2.73. The third kappa shape index (κ3) is 5.66. The van der Waals surface area contributed by atoms with Crippen LogP contribution in [-0.4, -0.2) is 44.2 Å².